The van der Waals surface area contributed by atoms with Crippen molar-refractivity contribution in [1.29, 1.82) is 0 Å². The highest BCUT2D eigenvalue weighted by Crippen LogP contribution is 2.19. The zero-order valence-electron chi connectivity index (χ0n) is 14.3. The van der Waals surface area contributed by atoms with Crippen LogP contribution in [0.1, 0.15) is 47.8 Å². The number of hydrogen-bond donors (Lipinski definition) is 2. The first-order valence-corrected chi connectivity index (χ1v) is 8.04. The van der Waals surface area contributed by atoms with Crippen LogP contribution in [-0.2, 0) is 6.42 Å². The first-order chi connectivity index (χ1) is 11.1. The Morgan fingerprint density at radius 3 is 2.35 bits per heavy atom. The van der Waals surface area contributed by atoms with Crippen molar-refractivity contribution < 1.29 is 0 Å². The number of aryl methyl sites for hydroxylation is 1. The van der Waals surface area contributed by atoms with Gasteiger partial charge < -0.3 is 9.97 Å². The van der Waals surface area contributed by atoms with E-state index in [1.807, 2.05) is 25.2 Å². The van der Waals surface area contributed by atoms with Crippen LogP contribution in [0.25, 0.3) is 24.3 Å². The average molecular weight is 306 g/mol. The van der Waals surface area contributed by atoms with Gasteiger partial charge in [-0.05, 0) is 61.6 Å². The third-order valence-corrected chi connectivity index (χ3v) is 3.85. The first kappa shape index (κ1) is 16.9. The molecular formula is C21H26N2. The van der Waals surface area contributed by atoms with Crippen LogP contribution < -0.4 is 0 Å². The Morgan fingerprint density at radius 1 is 1.04 bits per heavy atom. The molecule has 2 heterocycles. The van der Waals surface area contributed by atoms with Gasteiger partial charge in [-0.25, -0.2) is 0 Å². The van der Waals surface area contributed by atoms with Crippen molar-refractivity contribution in [3.63, 3.8) is 0 Å². The Balaban J connectivity index is 2.09. The molecule has 1 atom stereocenters. The van der Waals surface area contributed by atoms with Gasteiger partial charge in [-0.1, -0.05) is 44.4 Å². The second-order valence-electron chi connectivity index (χ2n) is 5.93. The van der Waals surface area contributed by atoms with E-state index in [4.69, 9.17) is 0 Å². The number of H-pyrrole nitrogens is 2. The van der Waals surface area contributed by atoms with E-state index < -0.39 is 0 Å². The predicted molar refractivity (Wildman–Crippen MR) is 103 cm³/mol. The van der Waals surface area contributed by atoms with Crippen LogP contribution in [0.4, 0.5) is 0 Å². The minimum Gasteiger partial charge on any atom is -0.359 e. The molecule has 120 valence electrons. The maximum absolute atomic E-state index is 3.87. The highest BCUT2D eigenvalue weighted by molar-refractivity contribution is 5.64. The van der Waals surface area contributed by atoms with Gasteiger partial charge in [0.2, 0.25) is 0 Å². The fourth-order valence-electron chi connectivity index (χ4n) is 2.76. The van der Waals surface area contributed by atoms with E-state index in [9.17, 15) is 0 Å². The molecule has 2 aromatic heterocycles. The molecule has 0 radical (unpaired) electrons. The standard InChI is InChI=1S/C21H26N2/c1-6-9-17-14-19(23-21(17)8-3)12-15(4)10-11-18-13-16(5)22-20(18)7-2/h6-11,13-15,22-23H,2-3,12H2,1,4-5H3/b9-6-,11-10-. The summed E-state index contributed by atoms with van der Waals surface area (Å²) in [7, 11) is 0. The largest absolute Gasteiger partial charge is 0.359 e. The van der Waals surface area contributed by atoms with Gasteiger partial charge in [0.15, 0.2) is 0 Å². The number of aromatic amines is 2. The van der Waals surface area contributed by atoms with Crippen molar-refractivity contribution in [3.8, 4) is 0 Å². The lowest BCUT2D eigenvalue weighted by molar-refractivity contribution is 0.713. The van der Waals surface area contributed by atoms with E-state index in [-0.39, 0.29) is 0 Å². The normalized spacial score (nSPS) is 13.0. The van der Waals surface area contributed by atoms with Crippen molar-refractivity contribution >= 4 is 24.3 Å². The second-order valence-corrected chi connectivity index (χ2v) is 5.93. The molecule has 23 heavy (non-hydrogen) atoms. The summed E-state index contributed by atoms with van der Waals surface area (Å²) in [6.07, 6.45) is 13.3. The molecule has 0 amide bonds. The molecule has 0 aliphatic carbocycles. The SMILES string of the molecule is C=Cc1[nH]c(C)cc1/C=C\C(C)Cc1cc(/C=C\C)c(C=C)[nH]1. The van der Waals surface area contributed by atoms with Crippen LogP contribution in [-0.4, -0.2) is 9.97 Å². The quantitative estimate of drug-likeness (QED) is 0.642. The minimum absolute atomic E-state index is 0.442. The maximum atomic E-state index is 3.87. The smallest absolute Gasteiger partial charge is 0.0450 e. The molecule has 0 saturated carbocycles. The van der Waals surface area contributed by atoms with Crippen molar-refractivity contribution in [2.45, 2.75) is 27.2 Å². The van der Waals surface area contributed by atoms with Crippen molar-refractivity contribution in [2.24, 2.45) is 5.92 Å². The fraction of sp³-hybridized carbons (Fsp3) is 0.238. The van der Waals surface area contributed by atoms with Crippen molar-refractivity contribution in [1.82, 2.24) is 9.97 Å². The van der Waals surface area contributed by atoms with Crippen molar-refractivity contribution in [3.05, 3.63) is 71.3 Å². The Hall–Kier alpha value is -2.48. The summed E-state index contributed by atoms with van der Waals surface area (Å²) >= 11 is 0. The molecule has 0 aromatic carbocycles. The minimum atomic E-state index is 0.442. The highest BCUT2D eigenvalue weighted by atomic mass is 14.7. The lowest BCUT2D eigenvalue weighted by Gasteiger charge is -2.04. The number of nitrogens with one attached hydrogen (secondary N) is 2. The summed E-state index contributed by atoms with van der Waals surface area (Å²) in [4.78, 5) is 6.75. The van der Waals surface area contributed by atoms with Gasteiger partial charge in [0, 0.05) is 22.8 Å². The molecule has 2 nitrogen and oxygen atoms in total. The molecule has 0 bridgehead atoms. The van der Waals surface area contributed by atoms with Gasteiger partial charge in [-0.3, -0.25) is 0 Å². The third kappa shape index (κ3) is 4.26. The van der Waals surface area contributed by atoms with E-state index in [1.165, 1.54) is 16.8 Å². The Bertz CT molecular complexity index is 738. The Morgan fingerprint density at radius 2 is 1.70 bits per heavy atom. The monoisotopic (exact) mass is 306 g/mol. The molecule has 0 spiro atoms. The molecule has 1 unspecified atom stereocenters. The van der Waals surface area contributed by atoms with Crippen LogP contribution in [0, 0.1) is 12.8 Å². The first-order valence-electron chi connectivity index (χ1n) is 8.04. The van der Waals surface area contributed by atoms with E-state index in [1.54, 1.807) is 0 Å². The second kappa shape index (κ2) is 7.68. The van der Waals surface area contributed by atoms with Gasteiger partial charge in [-0.2, -0.15) is 0 Å². The summed E-state index contributed by atoms with van der Waals surface area (Å²) < 4.78 is 0. The molecule has 2 aromatic rings. The summed E-state index contributed by atoms with van der Waals surface area (Å²) in [6, 6.07) is 4.35. The maximum Gasteiger partial charge on any atom is 0.0450 e. The zero-order valence-corrected chi connectivity index (χ0v) is 14.3. The van der Waals surface area contributed by atoms with Crippen molar-refractivity contribution in [2.75, 3.05) is 0 Å². The lowest BCUT2D eigenvalue weighted by atomic mass is 10.0. The summed E-state index contributed by atoms with van der Waals surface area (Å²) in [6.45, 7) is 14.0. The number of hydrogen-bond acceptors (Lipinski definition) is 0. The average Bonchev–Trinajstić information content (AvgIpc) is 3.08. The molecule has 2 rings (SSSR count). The number of aromatic nitrogens is 2. The van der Waals surface area contributed by atoms with Gasteiger partial charge in [0.25, 0.3) is 0 Å². The fourth-order valence-corrected chi connectivity index (χ4v) is 2.76. The molecule has 0 saturated heterocycles. The highest BCUT2D eigenvalue weighted by Gasteiger charge is 2.07. The zero-order chi connectivity index (χ0) is 16.8. The molecule has 0 fully saturated rings. The topological polar surface area (TPSA) is 31.6 Å². The molecule has 0 aliphatic rings. The van der Waals surface area contributed by atoms with Gasteiger partial charge in [0.05, 0.1) is 0 Å². The van der Waals surface area contributed by atoms with Crippen LogP contribution in [0.15, 0.2) is 37.4 Å². The Kier molecular flexibility index (Phi) is 5.64. The molecular weight excluding hydrogens is 280 g/mol. The van der Waals surface area contributed by atoms with E-state index >= 15 is 0 Å². The predicted octanol–water partition coefficient (Wildman–Crippen LogP) is 5.86. The lowest BCUT2D eigenvalue weighted by Crippen LogP contribution is -1.96. The van der Waals surface area contributed by atoms with E-state index in [0.29, 0.717) is 5.92 Å². The molecule has 2 N–H and O–H groups in total. The summed E-state index contributed by atoms with van der Waals surface area (Å²) in [5, 5.41) is 0. The van der Waals surface area contributed by atoms with Crippen LogP contribution in [0.5, 0.6) is 0 Å². The third-order valence-electron chi connectivity index (χ3n) is 3.85. The van der Waals surface area contributed by atoms with Crippen LogP contribution in [0.2, 0.25) is 0 Å². The summed E-state index contributed by atoms with van der Waals surface area (Å²) in [5.74, 6) is 0.442. The van der Waals surface area contributed by atoms with Gasteiger partial charge in [-0.15, -0.1) is 0 Å². The van der Waals surface area contributed by atoms with Gasteiger partial charge in [0.1, 0.15) is 0 Å². The molecule has 2 heteroatoms. The van der Waals surface area contributed by atoms with E-state index in [0.717, 1.165) is 23.5 Å². The Labute approximate surface area is 139 Å². The summed E-state index contributed by atoms with van der Waals surface area (Å²) in [5.41, 5.74) is 6.95. The number of allylic oxidation sites excluding steroid dienone is 2. The van der Waals surface area contributed by atoms with Crippen LogP contribution in [0.3, 0.4) is 0 Å². The van der Waals surface area contributed by atoms with E-state index in [2.05, 4.69) is 67.3 Å². The molecule has 0 aliphatic heterocycles. The van der Waals surface area contributed by atoms with Crippen LogP contribution >= 0.6 is 0 Å². The number of rotatable bonds is 7. The van der Waals surface area contributed by atoms with Gasteiger partial charge >= 0.3 is 0 Å².